The van der Waals surface area contributed by atoms with Crippen LogP contribution in [0, 0.1) is 0 Å². The highest BCUT2D eigenvalue weighted by Gasteiger charge is 2.44. The topological polar surface area (TPSA) is 53.1 Å². The van der Waals surface area contributed by atoms with E-state index in [1.54, 1.807) is 19.1 Å². The van der Waals surface area contributed by atoms with E-state index in [2.05, 4.69) is 4.90 Å². The van der Waals surface area contributed by atoms with Crippen molar-refractivity contribution in [3.8, 4) is 5.75 Å². The Morgan fingerprint density at radius 3 is 2.34 bits per heavy atom. The second-order valence-corrected chi connectivity index (χ2v) is 9.43. The molecule has 1 saturated heterocycles. The third-order valence-corrected chi connectivity index (χ3v) is 7.30. The molecule has 0 radical (unpaired) electrons. The van der Waals surface area contributed by atoms with E-state index in [1.807, 2.05) is 77.7 Å². The molecule has 0 saturated carbocycles. The van der Waals surface area contributed by atoms with Crippen molar-refractivity contribution in [2.24, 2.45) is 0 Å². The van der Waals surface area contributed by atoms with Crippen LogP contribution in [-0.4, -0.2) is 62.0 Å². The van der Waals surface area contributed by atoms with Gasteiger partial charge in [-0.3, -0.25) is 9.59 Å². The zero-order valence-electron chi connectivity index (χ0n) is 19.9. The van der Waals surface area contributed by atoms with Crippen molar-refractivity contribution < 1.29 is 14.3 Å². The molecule has 0 N–H and O–H groups in total. The molecule has 0 aliphatic carbocycles. The molecule has 0 spiro atoms. The number of halogens is 1. The second kappa shape index (κ2) is 9.62. The SMILES string of the molecule is COc1ccc([C@H]2[C@H](C(=O)N3CCN(c4cccc(Cl)c4)CC3)c3ccccc3C(=O)N2C)cc1. The lowest BCUT2D eigenvalue weighted by atomic mass is 9.79. The minimum absolute atomic E-state index is 0.0448. The van der Waals surface area contributed by atoms with Crippen LogP contribution in [0.4, 0.5) is 5.69 Å². The van der Waals surface area contributed by atoms with Gasteiger partial charge in [-0.2, -0.15) is 0 Å². The molecule has 0 unspecified atom stereocenters. The van der Waals surface area contributed by atoms with E-state index >= 15 is 0 Å². The van der Waals surface area contributed by atoms with E-state index in [9.17, 15) is 9.59 Å². The summed E-state index contributed by atoms with van der Waals surface area (Å²) in [6.45, 7) is 2.67. The highest BCUT2D eigenvalue weighted by Crippen LogP contribution is 2.43. The van der Waals surface area contributed by atoms with E-state index in [-0.39, 0.29) is 11.8 Å². The van der Waals surface area contributed by atoms with Gasteiger partial charge in [0.2, 0.25) is 5.91 Å². The Kier molecular flexibility index (Phi) is 6.39. The molecule has 2 aliphatic heterocycles. The Hall–Kier alpha value is -3.51. The maximum Gasteiger partial charge on any atom is 0.254 e. The largest absolute Gasteiger partial charge is 0.497 e. The van der Waals surface area contributed by atoms with Crippen molar-refractivity contribution >= 4 is 29.1 Å². The van der Waals surface area contributed by atoms with Crippen molar-refractivity contribution in [1.82, 2.24) is 9.80 Å². The van der Waals surface area contributed by atoms with Crippen molar-refractivity contribution in [3.05, 3.63) is 94.5 Å². The van der Waals surface area contributed by atoms with Crippen LogP contribution in [0.15, 0.2) is 72.8 Å². The number of likely N-dealkylation sites (N-methyl/N-ethyl adjacent to an activating group) is 1. The van der Waals surface area contributed by atoms with Crippen LogP contribution in [0.2, 0.25) is 5.02 Å². The lowest BCUT2D eigenvalue weighted by Crippen LogP contribution is -2.53. The molecular formula is C28H28ClN3O3. The molecule has 6 nitrogen and oxygen atoms in total. The lowest BCUT2D eigenvalue weighted by molar-refractivity contribution is -0.134. The molecule has 2 aliphatic rings. The van der Waals surface area contributed by atoms with Crippen LogP contribution in [0.3, 0.4) is 0 Å². The Morgan fingerprint density at radius 1 is 0.943 bits per heavy atom. The van der Waals surface area contributed by atoms with Gasteiger partial charge in [-0.1, -0.05) is 48.0 Å². The number of fused-ring (bicyclic) bond motifs is 1. The van der Waals surface area contributed by atoms with E-state index in [4.69, 9.17) is 16.3 Å². The summed E-state index contributed by atoms with van der Waals surface area (Å²) in [6.07, 6.45) is 0. The van der Waals surface area contributed by atoms with Crippen molar-refractivity contribution in [3.63, 3.8) is 0 Å². The van der Waals surface area contributed by atoms with Gasteiger partial charge in [-0.25, -0.2) is 0 Å². The quantitative estimate of drug-likeness (QED) is 0.537. The van der Waals surface area contributed by atoms with Crippen LogP contribution < -0.4 is 9.64 Å². The number of anilines is 1. The molecule has 5 rings (SSSR count). The maximum absolute atomic E-state index is 14.1. The van der Waals surface area contributed by atoms with Crippen LogP contribution in [0.25, 0.3) is 0 Å². The molecule has 0 bridgehead atoms. The van der Waals surface area contributed by atoms with Gasteiger partial charge >= 0.3 is 0 Å². The summed E-state index contributed by atoms with van der Waals surface area (Å²) in [6, 6.07) is 22.5. The fourth-order valence-corrected chi connectivity index (χ4v) is 5.40. The molecule has 3 aromatic rings. The highest BCUT2D eigenvalue weighted by molar-refractivity contribution is 6.30. The van der Waals surface area contributed by atoms with Crippen LogP contribution in [-0.2, 0) is 4.79 Å². The predicted octanol–water partition coefficient (Wildman–Crippen LogP) is 4.61. The third-order valence-electron chi connectivity index (χ3n) is 7.07. The fraction of sp³-hybridized carbons (Fsp3) is 0.286. The molecule has 3 aromatic carbocycles. The number of methoxy groups -OCH3 is 1. The van der Waals surface area contributed by atoms with Gasteiger partial charge in [0.15, 0.2) is 0 Å². The first-order valence-electron chi connectivity index (χ1n) is 11.8. The first-order chi connectivity index (χ1) is 17.0. The maximum atomic E-state index is 14.1. The first-order valence-corrected chi connectivity index (χ1v) is 12.1. The normalized spacial score (nSPS) is 20.0. The molecule has 2 atom stereocenters. The number of ether oxygens (including phenoxy) is 1. The van der Waals surface area contributed by atoms with E-state index in [0.717, 1.165) is 35.7 Å². The van der Waals surface area contributed by atoms with E-state index < -0.39 is 12.0 Å². The molecule has 7 heteroatoms. The Labute approximate surface area is 210 Å². The average Bonchev–Trinajstić information content (AvgIpc) is 2.90. The fourth-order valence-electron chi connectivity index (χ4n) is 5.21. The Balaban J connectivity index is 1.45. The summed E-state index contributed by atoms with van der Waals surface area (Å²) in [7, 11) is 3.40. The van der Waals surface area contributed by atoms with Crippen molar-refractivity contribution in [2.45, 2.75) is 12.0 Å². The highest BCUT2D eigenvalue weighted by atomic mass is 35.5. The van der Waals surface area contributed by atoms with E-state index in [0.29, 0.717) is 23.7 Å². The molecule has 35 heavy (non-hydrogen) atoms. The first kappa shape index (κ1) is 23.2. The summed E-state index contributed by atoms with van der Waals surface area (Å²) < 4.78 is 5.32. The minimum atomic E-state index is -0.486. The molecule has 2 amide bonds. The Morgan fingerprint density at radius 2 is 1.66 bits per heavy atom. The number of piperazine rings is 1. The summed E-state index contributed by atoms with van der Waals surface area (Å²) in [5.74, 6) is 0.221. The summed E-state index contributed by atoms with van der Waals surface area (Å²) in [5.41, 5.74) is 3.36. The Bertz CT molecular complexity index is 1240. The van der Waals surface area contributed by atoms with Crippen LogP contribution >= 0.6 is 11.6 Å². The summed E-state index contributed by atoms with van der Waals surface area (Å²) in [5, 5.41) is 0.704. The molecular weight excluding hydrogens is 462 g/mol. The van der Waals surface area contributed by atoms with Gasteiger partial charge < -0.3 is 19.4 Å². The standard InChI is InChI=1S/C28H28ClN3O3/c1-30-26(19-10-12-22(35-2)13-11-19)25(23-8-3-4-9-24(23)27(30)33)28(34)32-16-14-31(15-17-32)21-7-5-6-20(29)18-21/h3-13,18,25-26H,14-17H2,1-2H3/t25-,26+/m1/s1. The zero-order valence-corrected chi connectivity index (χ0v) is 20.6. The number of carbonyl (C=O) groups excluding carboxylic acids is 2. The van der Waals surface area contributed by atoms with Crippen molar-refractivity contribution in [1.29, 1.82) is 0 Å². The number of nitrogens with zero attached hydrogens (tertiary/aromatic N) is 3. The third kappa shape index (κ3) is 4.34. The minimum Gasteiger partial charge on any atom is -0.497 e. The van der Waals surface area contributed by atoms with E-state index in [1.165, 1.54) is 0 Å². The lowest BCUT2D eigenvalue weighted by Gasteiger charge is -2.43. The molecule has 1 fully saturated rings. The van der Waals surface area contributed by atoms with Gasteiger partial charge in [0, 0.05) is 49.5 Å². The smallest absolute Gasteiger partial charge is 0.254 e. The van der Waals surface area contributed by atoms with Gasteiger partial charge in [0.25, 0.3) is 5.91 Å². The zero-order chi connectivity index (χ0) is 24.5. The molecule has 0 aromatic heterocycles. The number of carbonyl (C=O) groups is 2. The predicted molar refractivity (Wildman–Crippen MR) is 137 cm³/mol. The van der Waals surface area contributed by atoms with Gasteiger partial charge in [-0.05, 0) is 47.5 Å². The average molecular weight is 490 g/mol. The van der Waals surface area contributed by atoms with Crippen LogP contribution in [0.1, 0.15) is 33.4 Å². The number of hydrogen-bond donors (Lipinski definition) is 0. The van der Waals surface area contributed by atoms with Gasteiger partial charge in [0.1, 0.15) is 5.75 Å². The van der Waals surface area contributed by atoms with Gasteiger partial charge in [0.05, 0.1) is 19.1 Å². The number of rotatable bonds is 4. The monoisotopic (exact) mass is 489 g/mol. The summed E-state index contributed by atoms with van der Waals surface area (Å²) in [4.78, 5) is 33.2. The molecule has 180 valence electrons. The number of amides is 2. The van der Waals surface area contributed by atoms with Crippen LogP contribution in [0.5, 0.6) is 5.75 Å². The molecule has 2 heterocycles. The second-order valence-electron chi connectivity index (χ2n) is 8.99. The number of hydrogen-bond acceptors (Lipinski definition) is 4. The van der Waals surface area contributed by atoms with Crippen molar-refractivity contribution in [2.75, 3.05) is 45.2 Å². The number of benzene rings is 3. The summed E-state index contributed by atoms with van der Waals surface area (Å²) >= 11 is 6.18. The van der Waals surface area contributed by atoms with Gasteiger partial charge in [-0.15, -0.1) is 0 Å².